The lowest BCUT2D eigenvalue weighted by atomic mass is 9.99. The van der Waals surface area contributed by atoms with Crippen LogP contribution in [0.25, 0.3) is 0 Å². The zero-order valence-electron chi connectivity index (χ0n) is 11.7. The first kappa shape index (κ1) is 16.7. The molecule has 0 aromatic carbocycles. The third-order valence-corrected chi connectivity index (χ3v) is 2.73. The highest BCUT2D eigenvalue weighted by Gasteiger charge is 2.21. The van der Waals surface area contributed by atoms with E-state index in [1.807, 2.05) is 13.8 Å². The van der Waals surface area contributed by atoms with Crippen LogP contribution < -0.4 is 10.6 Å². The van der Waals surface area contributed by atoms with Gasteiger partial charge < -0.3 is 15.7 Å². The van der Waals surface area contributed by atoms with Crippen LogP contribution in [0.4, 0.5) is 4.79 Å². The maximum absolute atomic E-state index is 11.6. The van der Waals surface area contributed by atoms with Crippen molar-refractivity contribution in [3.05, 3.63) is 0 Å². The minimum Gasteiger partial charge on any atom is -0.481 e. The molecule has 2 amide bonds. The van der Waals surface area contributed by atoms with Gasteiger partial charge in [0.2, 0.25) is 0 Å². The first-order chi connectivity index (χ1) is 8.37. The van der Waals surface area contributed by atoms with E-state index in [1.54, 1.807) is 0 Å². The summed E-state index contributed by atoms with van der Waals surface area (Å²) in [5.74, 6) is -0.843. The van der Waals surface area contributed by atoms with Gasteiger partial charge >= 0.3 is 12.0 Å². The second-order valence-electron chi connectivity index (χ2n) is 5.22. The molecule has 0 radical (unpaired) electrons. The van der Waals surface area contributed by atoms with Gasteiger partial charge in [0.25, 0.3) is 0 Å². The molecule has 0 heterocycles. The van der Waals surface area contributed by atoms with Crippen LogP contribution in [0, 0.1) is 0 Å². The summed E-state index contributed by atoms with van der Waals surface area (Å²) in [6.45, 7) is 6.46. The molecule has 0 aromatic rings. The molecular weight excluding hydrogens is 232 g/mol. The fraction of sp³-hybridized carbons (Fsp3) is 0.846. The van der Waals surface area contributed by atoms with Gasteiger partial charge in [-0.05, 0) is 26.7 Å². The van der Waals surface area contributed by atoms with Crippen molar-refractivity contribution in [3.8, 4) is 0 Å². The Morgan fingerprint density at radius 2 is 1.83 bits per heavy atom. The Morgan fingerprint density at radius 1 is 1.17 bits per heavy atom. The van der Waals surface area contributed by atoms with Gasteiger partial charge in [-0.3, -0.25) is 4.79 Å². The van der Waals surface area contributed by atoms with Crippen LogP contribution >= 0.6 is 0 Å². The van der Waals surface area contributed by atoms with Crippen molar-refractivity contribution in [3.63, 3.8) is 0 Å². The number of carbonyl (C=O) groups excluding carboxylic acids is 1. The van der Waals surface area contributed by atoms with Crippen LogP contribution in [0.2, 0.25) is 0 Å². The summed E-state index contributed by atoms with van der Waals surface area (Å²) in [6, 6.07) is -0.220. The van der Waals surface area contributed by atoms with E-state index in [4.69, 9.17) is 5.11 Å². The standard InChI is InChI=1S/C13H26N2O3/c1-4-5-6-7-10-14-12(18)15-13(2,3)9-8-11(16)17/h4-10H2,1-3H3,(H,16,17)(H2,14,15,18). The lowest BCUT2D eigenvalue weighted by Crippen LogP contribution is -2.48. The van der Waals surface area contributed by atoms with Crippen LogP contribution in [0.5, 0.6) is 0 Å². The second-order valence-corrected chi connectivity index (χ2v) is 5.22. The molecule has 0 aliphatic carbocycles. The lowest BCUT2D eigenvalue weighted by Gasteiger charge is -2.25. The number of nitrogens with one attached hydrogen (secondary N) is 2. The summed E-state index contributed by atoms with van der Waals surface area (Å²) in [4.78, 5) is 22.0. The summed E-state index contributed by atoms with van der Waals surface area (Å²) >= 11 is 0. The highest BCUT2D eigenvalue weighted by molar-refractivity contribution is 5.74. The molecule has 0 spiro atoms. The number of hydrogen-bond donors (Lipinski definition) is 3. The van der Waals surface area contributed by atoms with E-state index in [2.05, 4.69) is 17.6 Å². The minimum atomic E-state index is -0.843. The van der Waals surface area contributed by atoms with Gasteiger partial charge in [0, 0.05) is 18.5 Å². The maximum Gasteiger partial charge on any atom is 0.315 e. The number of amides is 2. The highest BCUT2D eigenvalue weighted by Crippen LogP contribution is 2.10. The fourth-order valence-corrected chi connectivity index (χ4v) is 1.59. The normalized spacial score (nSPS) is 11.1. The average Bonchev–Trinajstić information content (AvgIpc) is 2.26. The van der Waals surface area contributed by atoms with E-state index in [0.29, 0.717) is 13.0 Å². The number of hydrogen-bond acceptors (Lipinski definition) is 2. The molecule has 0 bridgehead atoms. The van der Waals surface area contributed by atoms with E-state index < -0.39 is 11.5 Å². The topological polar surface area (TPSA) is 78.4 Å². The molecule has 0 saturated carbocycles. The Balaban J connectivity index is 3.74. The third-order valence-electron chi connectivity index (χ3n) is 2.73. The van der Waals surface area contributed by atoms with Gasteiger partial charge in [0.15, 0.2) is 0 Å². The number of carboxylic acids is 1. The largest absolute Gasteiger partial charge is 0.481 e. The van der Waals surface area contributed by atoms with E-state index >= 15 is 0 Å². The van der Waals surface area contributed by atoms with Crippen molar-refractivity contribution in [2.45, 2.75) is 64.8 Å². The van der Waals surface area contributed by atoms with Crippen molar-refractivity contribution >= 4 is 12.0 Å². The zero-order valence-corrected chi connectivity index (χ0v) is 11.7. The Bertz CT molecular complexity index is 265. The molecule has 0 aliphatic heterocycles. The molecule has 18 heavy (non-hydrogen) atoms. The number of carbonyl (C=O) groups is 2. The Labute approximate surface area is 109 Å². The predicted molar refractivity (Wildman–Crippen MR) is 71.6 cm³/mol. The molecule has 3 N–H and O–H groups in total. The van der Waals surface area contributed by atoms with Gasteiger partial charge in [-0.25, -0.2) is 4.79 Å². The smallest absolute Gasteiger partial charge is 0.315 e. The van der Waals surface area contributed by atoms with Crippen LogP contribution in [-0.2, 0) is 4.79 Å². The summed E-state index contributed by atoms with van der Waals surface area (Å²) in [7, 11) is 0. The fourth-order valence-electron chi connectivity index (χ4n) is 1.59. The molecule has 106 valence electrons. The number of aliphatic carboxylic acids is 1. The first-order valence-corrected chi connectivity index (χ1v) is 6.65. The van der Waals surface area contributed by atoms with Crippen LogP contribution in [0.3, 0.4) is 0 Å². The van der Waals surface area contributed by atoms with Crippen LogP contribution in [0.1, 0.15) is 59.3 Å². The SMILES string of the molecule is CCCCCCNC(=O)NC(C)(C)CCC(=O)O. The summed E-state index contributed by atoms with van der Waals surface area (Å²) in [5.41, 5.74) is -0.494. The third kappa shape index (κ3) is 9.93. The minimum absolute atomic E-state index is 0.0593. The van der Waals surface area contributed by atoms with E-state index in [9.17, 15) is 9.59 Å². The molecular formula is C13H26N2O3. The first-order valence-electron chi connectivity index (χ1n) is 6.65. The van der Waals surface area contributed by atoms with Gasteiger partial charge in [-0.15, -0.1) is 0 Å². The summed E-state index contributed by atoms with van der Waals surface area (Å²) in [5, 5.41) is 14.2. The van der Waals surface area contributed by atoms with Crippen molar-refractivity contribution in [1.29, 1.82) is 0 Å². The average molecular weight is 258 g/mol. The molecule has 5 heteroatoms. The second kappa shape index (κ2) is 8.78. The van der Waals surface area contributed by atoms with Gasteiger partial charge in [0.05, 0.1) is 0 Å². The Hall–Kier alpha value is -1.26. The molecule has 0 aliphatic rings. The number of urea groups is 1. The summed E-state index contributed by atoms with van der Waals surface area (Å²) in [6.07, 6.45) is 4.95. The molecule has 0 rings (SSSR count). The molecule has 0 saturated heterocycles. The van der Waals surface area contributed by atoms with Gasteiger partial charge in [-0.1, -0.05) is 26.2 Å². The molecule has 0 aromatic heterocycles. The molecule has 0 fully saturated rings. The van der Waals surface area contributed by atoms with Crippen LogP contribution in [-0.4, -0.2) is 29.2 Å². The van der Waals surface area contributed by atoms with Crippen LogP contribution in [0.15, 0.2) is 0 Å². The van der Waals surface area contributed by atoms with Crippen molar-refractivity contribution in [2.24, 2.45) is 0 Å². The van der Waals surface area contributed by atoms with Crippen molar-refractivity contribution in [2.75, 3.05) is 6.54 Å². The number of rotatable bonds is 9. The van der Waals surface area contributed by atoms with E-state index in [-0.39, 0.29) is 12.5 Å². The highest BCUT2D eigenvalue weighted by atomic mass is 16.4. The number of unbranched alkanes of at least 4 members (excludes halogenated alkanes) is 3. The molecule has 0 atom stereocenters. The monoisotopic (exact) mass is 258 g/mol. The summed E-state index contributed by atoms with van der Waals surface area (Å²) < 4.78 is 0. The predicted octanol–water partition coefficient (Wildman–Crippen LogP) is 2.51. The zero-order chi connectivity index (χ0) is 14.0. The number of carboxylic acid groups (broad SMARTS) is 1. The van der Waals surface area contributed by atoms with E-state index in [1.165, 1.54) is 12.8 Å². The quantitative estimate of drug-likeness (QED) is 0.556. The van der Waals surface area contributed by atoms with Crippen molar-refractivity contribution in [1.82, 2.24) is 10.6 Å². The lowest BCUT2D eigenvalue weighted by molar-refractivity contribution is -0.137. The van der Waals surface area contributed by atoms with Gasteiger partial charge in [0.1, 0.15) is 0 Å². The van der Waals surface area contributed by atoms with Crippen molar-refractivity contribution < 1.29 is 14.7 Å². The van der Waals surface area contributed by atoms with E-state index in [0.717, 1.165) is 12.8 Å². The molecule has 5 nitrogen and oxygen atoms in total. The van der Waals surface area contributed by atoms with Gasteiger partial charge in [-0.2, -0.15) is 0 Å². The Kier molecular flexibility index (Phi) is 8.16. The Morgan fingerprint density at radius 3 is 2.39 bits per heavy atom. The maximum atomic E-state index is 11.6. The molecule has 0 unspecified atom stereocenters.